The Morgan fingerprint density at radius 1 is 1.52 bits per heavy atom. The zero-order chi connectivity index (χ0) is 15.7. The molecule has 0 saturated heterocycles. The summed E-state index contributed by atoms with van der Waals surface area (Å²) in [6.45, 7) is 4.18. The highest BCUT2D eigenvalue weighted by Crippen LogP contribution is 2.52. The van der Waals surface area contributed by atoms with Crippen LogP contribution in [0.4, 0.5) is 4.39 Å². The first kappa shape index (κ1) is 16.2. The molecule has 0 aromatic heterocycles. The fourth-order valence-electron chi connectivity index (χ4n) is 3.90. The van der Waals surface area contributed by atoms with E-state index < -0.39 is 16.8 Å². The van der Waals surface area contributed by atoms with Crippen LogP contribution in [0.25, 0.3) is 0 Å². The molecule has 1 aromatic carbocycles. The van der Waals surface area contributed by atoms with Gasteiger partial charge in [0.05, 0.1) is 12.7 Å². The first-order valence-electron chi connectivity index (χ1n) is 7.63. The average Bonchev–Trinajstić information content (AvgIpc) is 2.46. The van der Waals surface area contributed by atoms with Crippen molar-refractivity contribution in [2.45, 2.75) is 45.1 Å². The van der Waals surface area contributed by atoms with Crippen molar-refractivity contribution in [2.75, 3.05) is 13.7 Å². The third kappa shape index (κ3) is 2.67. The van der Waals surface area contributed by atoms with E-state index in [1.54, 1.807) is 19.1 Å². The molecule has 3 nitrogen and oxygen atoms in total. The number of nitrogens with two attached hydrogens (primary N) is 1. The molecule has 0 amide bonds. The number of halogens is 1. The van der Waals surface area contributed by atoms with Crippen LogP contribution < -0.4 is 10.5 Å². The minimum absolute atomic E-state index is 0.229. The van der Waals surface area contributed by atoms with Gasteiger partial charge in [0, 0.05) is 12.0 Å². The van der Waals surface area contributed by atoms with Gasteiger partial charge in [-0.2, -0.15) is 0 Å². The van der Waals surface area contributed by atoms with Gasteiger partial charge in [0.1, 0.15) is 17.2 Å². The highest BCUT2D eigenvalue weighted by atomic mass is 19.1. The van der Waals surface area contributed by atoms with Gasteiger partial charge in [-0.05, 0) is 37.8 Å². The predicted molar refractivity (Wildman–Crippen MR) is 81.6 cm³/mol. The lowest BCUT2D eigenvalue weighted by atomic mass is 9.59. The van der Waals surface area contributed by atoms with E-state index in [4.69, 9.17) is 10.5 Å². The van der Waals surface area contributed by atoms with E-state index in [1.165, 1.54) is 13.2 Å². The third-order valence-electron chi connectivity index (χ3n) is 5.20. The Balaban J connectivity index is 2.54. The SMILES string of the molecule is COc1cccc(F)c1C(C)(O)C1(CN)CCCC(C)C1. The van der Waals surface area contributed by atoms with Crippen molar-refractivity contribution in [3.63, 3.8) is 0 Å². The van der Waals surface area contributed by atoms with E-state index in [2.05, 4.69) is 6.92 Å². The minimum Gasteiger partial charge on any atom is -0.496 e. The topological polar surface area (TPSA) is 55.5 Å². The Labute approximate surface area is 126 Å². The molecular weight excluding hydrogens is 269 g/mol. The van der Waals surface area contributed by atoms with Gasteiger partial charge in [-0.1, -0.05) is 25.8 Å². The fraction of sp³-hybridized carbons (Fsp3) is 0.647. The molecule has 0 bridgehead atoms. The Kier molecular flexibility index (Phi) is 4.59. The van der Waals surface area contributed by atoms with Crippen molar-refractivity contribution in [1.29, 1.82) is 0 Å². The second kappa shape index (κ2) is 5.93. The highest BCUT2D eigenvalue weighted by Gasteiger charge is 2.51. The first-order chi connectivity index (χ1) is 9.88. The summed E-state index contributed by atoms with van der Waals surface area (Å²) >= 11 is 0. The summed E-state index contributed by atoms with van der Waals surface area (Å²) in [5.74, 6) is 0.419. The third-order valence-corrected chi connectivity index (χ3v) is 5.20. The number of hydrogen-bond acceptors (Lipinski definition) is 3. The van der Waals surface area contributed by atoms with Gasteiger partial charge in [0.25, 0.3) is 0 Å². The maximum Gasteiger partial charge on any atom is 0.133 e. The van der Waals surface area contributed by atoms with Gasteiger partial charge in [0.2, 0.25) is 0 Å². The van der Waals surface area contributed by atoms with Crippen LogP contribution in [0.2, 0.25) is 0 Å². The number of methoxy groups -OCH3 is 1. The number of hydrogen-bond donors (Lipinski definition) is 2. The molecule has 1 aromatic rings. The number of ether oxygens (including phenoxy) is 1. The highest BCUT2D eigenvalue weighted by molar-refractivity contribution is 5.40. The van der Waals surface area contributed by atoms with Crippen LogP contribution in [0, 0.1) is 17.2 Å². The normalized spacial score (nSPS) is 29.0. The predicted octanol–water partition coefficient (Wildman–Crippen LogP) is 3.20. The van der Waals surface area contributed by atoms with Crippen LogP contribution in [0.15, 0.2) is 18.2 Å². The maximum absolute atomic E-state index is 14.4. The van der Waals surface area contributed by atoms with Gasteiger partial charge in [-0.25, -0.2) is 4.39 Å². The number of aliphatic hydroxyl groups is 1. The van der Waals surface area contributed by atoms with Crippen LogP contribution >= 0.6 is 0 Å². The van der Waals surface area contributed by atoms with Gasteiger partial charge in [0.15, 0.2) is 0 Å². The smallest absolute Gasteiger partial charge is 0.133 e. The summed E-state index contributed by atoms with van der Waals surface area (Å²) in [7, 11) is 1.49. The zero-order valence-corrected chi connectivity index (χ0v) is 13.2. The summed E-state index contributed by atoms with van der Waals surface area (Å²) < 4.78 is 19.7. The Morgan fingerprint density at radius 3 is 2.81 bits per heavy atom. The molecule has 0 aliphatic heterocycles. The molecule has 1 aliphatic rings. The lowest BCUT2D eigenvalue weighted by Gasteiger charge is -2.49. The Bertz CT molecular complexity index is 504. The molecule has 3 atom stereocenters. The van der Waals surface area contributed by atoms with E-state index in [1.807, 2.05) is 0 Å². The first-order valence-corrected chi connectivity index (χ1v) is 7.63. The monoisotopic (exact) mass is 295 g/mol. The molecule has 118 valence electrons. The lowest BCUT2D eigenvalue weighted by molar-refractivity contribution is -0.104. The molecule has 1 fully saturated rings. The van der Waals surface area contributed by atoms with Crippen molar-refractivity contribution < 1.29 is 14.2 Å². The van der Waals surface area contributed by atoms with Gasteiger partial charge < -0.3 is 15.6 Å². The van der Waals surface area contributed by atoms with Crippen molar-refractivity contribution in [1.82, 2.24) is 0 Å². The molecular formula is C17H26FNO2. The standard InChI is InChI=1S/C17H26FNO2/c1-12-6-5-9-17(10-12,11-19)16(2,20)15-13(18)7-4-8-14(15)21-3/h4,7-8,12,20H,5-6,9-11,19H2,1-3H3. The zero-order valence-electron chi connectivity index (χ0n) is 13.2. The summed E-state index contributed by atoms with van der Waals surface area (Å²) in [4.78, 5) is 0. The largest absolute Gasteiger partial charge is 0.496 e. The summed E-state index contributed by atoms with van der Waals surface area (Å²) in [6, 6.07) is 4.64. The molecule has 1 aliphatic carbocycles. The number of rotatable bonds is 4. The van der Waals surface area contributed by atoms with Gasteiger partial charge >= 0.3 is 0 Å². The quantitative estimate of drug-likeness (QED) is 0.897. The van der Waals surface area contributed by atoms with Crippen molar-refractivity contribution in [2.24, 2.45) is 17.1 Å². The lowest BCUT2D eigenvalue weighted by Crippen LogP contribution is -2.51. The van der Waals surface area contributed by atoms with E-state index in [9.17, 15) is 9.50 Å². The Hall–Kier alpha value is -1.13. The molecule has 3 unspecified atom stereocenters. The molecule has 0 spiro atoms. The number of benzene rings is 1. The van der Waals surface area contributed by atoms with Crippen molar-refractivity contribution in [3.05, 3.63) is 29.6 Å². The molecule has 4 heteroatoms. The Morgan fingerprint density at radius 2 is 2.24 bits per heavy atom. The molecule has 1 saturated carbocycles. The van der Waals surface area contributed by atoms with Crippen LogP contribution in [-0.4, -0.2) is 18.8 Å². The molecule has 21 heavy (non-hydrogen) atoms. The molecule has 0 heterocycles. The van der Waals surface area contributed by atoms with E-state index in [-0.39, 0.29) is 5.56 Å². The van der Waals surface area contributed by atoms with E-state index in [0.29, 0.717) is 18.2 Å². The molecule has 2 rings (SSSR count). The van der Waals surface area contributed by atoms with Gasteiger partial charge in [-0.3, -0.25) is 0 Å². The maximum atomic E-state index is 14.4. The van der Waals surface area contributed by atoms with Crippen LogP contribution in [0.1, 0.15) is 45.1 Å². The average molecular weight is 295 g/mol. The minimum atomic E-state index is -1.35. The second-order valence-electron chi connectivity index (χ2n) is 6.58. The van der Waals surface area contributed by atoms with Crippen LogP contribution in [0.5, 0.6) is 5.75 Å². The van der Waals surface area contributed by atoms with Crippen molar-refractivity contribution >= 4 is 0 Å². The van der Waals surface area contributed by atoms with Crippen LogP contribution in [0.3, 0.4) is 0 Å². The van der Waals surface area contributed by atoms with E-state index >= 15 is 0 Å². The van der Waals surface area contributed by atoms with E-state index in [0.717, 1.165) is 25.7 Å². The fourth-order valence-corrected chi connectivity index (χ4v) is 3.90. The molecule has 3 N–H and O–H groups in total. The van der Waals surface area contributed by atoms with Crippen molar-refractivity contribution in [3.8, 4) is 5.75 Å². The summed E-state index contributed by atoms with van der Waals surface area (Å²) in [5, 5.41) is 11.3. The molecule has 0 radical (unpaired) electrons. The summed E-state index contributed by atoms with van der Waals surface area (Å²) in [5.41, 5.74) is 4.40. The van der Waals surface area contributed by atoms with Crippen LogP contribution in [-0.2, 0) is 5.60 Å². The van der Waals surface area contributed by atoms with Gasteiger partial charge in [-0.15, -0.1) is 0 Å². The summed E-state index contributed by atoms with van der Waals surface area (Å²) in [6.07, 6.45) is 3.74. The second-order valence-corrected chi connectivity index (χ2v) is 6.58.